The van der Waals surface area contributed by atoms with Gasteiger partial charge in [0.25, 0.3) is 5.91 Å². The molecule has 1 atom stereocenters. The zero-order valence-corrected chi connectivity index (χ0v) is 16.3. The first kappa shape index (κ1) is 18.7. The number of amides is 1. The molecule has 0 aliphatic carbocycles. The van der Waals surface area contributed by atoms with E-state index in [1.165, 1.54) is 5.39 Å². The number of aryl methyl sites for hydroxylation is 1. The van der Waals surface area contributed by atoms with Crippen LogP contribution < -0.4 is 10.1 Å². The lowest BCUT2D eigenvalue weighted by Crippen LogP contribution is -2.31. The number of benzene rings is 3. The smallest absolute Gasteiger partial charge is 0.258 e. The van der Waals surface area contributed by atoms with Gasteiger partial charge in [-0.2, -0.15) is 4.98 Å². The van der Waals surface area contributed by atoms with Crippen LogP contribution in [0.15, 0.2) is 71.3 Å². The molecule has 1 aromatic heterocycles. The van der Waals surface area contributed by atoms with E-state index in [2.05, 4.69) is 39.7 Å². The third kappa shape index (κ3) is 4.43. The van der Waals surface area contributed by atoms with E-state index < -0.39 is 0 Å². The molecular weight excluding hydrogens is 366 g/mol. The second kappa shape index (κ2) is 8.14. The number of fused-ring (bicyclic) bond motifs is 1. The standard InChI is InChI=1S/C23H21N3O3/c1-15(18-11-10-17-6-3-4-7-19(17)12-18)24-22(27)14-28-21-9-5-8-20(13-21)23-25-16(2)29-26-23/h3-13,15H,14H2,1-2H3,(H,24,27). The highest BCUT2D eigenvalue weighted by Gasteiger charge is 2.12. The Kier molecular flexibility index (Phi) is 5.24. The third-order valence-corrected chi connectivity index (χ3v) is 4.64. The number of hydrogen-bond donors (Lipinski definition) is 1. The summed E-state index contributed by atoms with van der Waals surface area (Å²) in [7, 11) is 0. The fourth-order valence-corrected chi connectivity index (χ4v) is 3.13. The van der Waals surface area contributed by atoms with Crippen LogP contribution in [-0.4, -0.2) is 22.7 Å². The van der Waals surface area contributed by atoms with Crippen LogP contribution in [0.25, 0.3) is 22.2 Å². The molecule has 0 radical (unpaired) electrons. The summed E-state index contributed by atoms with van der Waals surface area (Å²) in [5, 5.41) is 9.20. The molecule has 0 spiro atoms. The lowest BCUT2D eigenvalue weighted by Gasteiger charge is -2.15. The minimum atomic E-state index is -0.188. The van der Waals surface area contributed by atoms with Gasteiger partial charge in [-0.1, -0.05) is 53.7 Å². The zero-order valence-electron chi connectivity index (χ0n) is 16.3. The molecule has 0 aliphatic heterocycles. The second-order valence-electron chi connectivity index (χ2n) is 6.85. The van der Waals surface area contributed by atoms with E-state index in [0.717, 1.165) is 16.5 Å². The first-order valence-corrected chi connectivity index (χ1v) is 9.40. The second-order valence-corrected chi connectivity index (χ2v) is 6.85. The van der Waals surface area contributed by atoms with Crippen molar-refractivity contribution in [2.24, 2.45) is 0 Å². The molecule has 1 N–H and O–H groups in total. The zero-order chi connectivity index (χ0) is 20.2. The maximum atomic E-state index is 12.3. The van der Waals surface area contributed by atoms with Crippen LogP contribution in [0.3, 0.4) is 0 Å². The van der Waals surface area contributed by atoms with Gasteiger partial charge < -0.3 is 14.6 Å². The van der Waals surface area contributed by atoms with Crippen molar-refractivity contribution in [3.63, 3.8) is 0 Å². The van der Waals surface area contributed by atoms with Crippen molar-refractivity contribution in [1.82, 2.24) is 15.5 Å². The van der Waals surface area contributed by atoms with E-state index in [1.807, 2.05) is 37.3 Å². The first-order valence-electron chi connectivity index (χ1n) is 9.40. The molecule has 0 saturated carbocycles. The van der Waals surface area contributed by atoms with Crippen LogP contribution in [0.1, 0.15) is 24.4 Å². The van der Waals surface area contributed by atoms with Crippen LogP contribution in [0.5, 0.6) is 5.75 Å². The molecule has 6 heteroatoms. The first-order chi connectivity index (χ1) is 14.1. The average Bonchev–Trinajstić information content (AvgIpc) is 3.18. The summed E-state index contributed by atoms with van der Waals surface area (Å²) in [6, 6.07) is 21.5. The molecule has 1 heterocycles. The summed E-state index contributed by atoms with van der Waals surface area (Å²) in [4.78, 5) is 16.5. The number of hydrogen-bond acceptors (Lipinski definition) is 5. The monoisotopic (exact) mass is 387 g/mol. The van der Waals surface area contributed by atoms with E-state index in [1.54, 1.807) is 19.1 Å². The largest absolute Gasteiger partial charge is 0.484 e. The van der Waals surface area contributed by atoms with Gasteiger partial charge in [-0.05, 0) is 41.5 Å². The van der Waals surface area contributed by atoms with E-state index in [9.17, 15) is 4.79 Å². The lowest BCUT2D eigenvalue weighted by molar-refractivity contribution is -0.123. The van der Waals surface area contributed by atoms with E-state index in [-0.39, 0.29) is 18.6 Å². The van der Waals surface area contributed by atoms with Gasteiger partial charge in [0.15, 0.2) is 6.61 Å². The summed E-state index contributed by atoms with van der Waals surface area (Å²) >= 11 is 0. The molecule has 4 aromatic rings. The Bertz CT molecular complexity index is 1150. The fraction of sp³-hybridized carbons (Fsp3) is 0.174. The van der Waals surface area contributed by atoms with Crippen LogP contribution in [0, 0.1) is 6.92 Å². The van der Waals surface area contributed by atoms with Gasteiger partial charge in [-0.25, -0.2) is 0 Å². The summed E-state index contributed by atoms with van der Waals surface area (Å²) in [5.41, 5.74) is 1.82. The number of rotatable bonds is 6. The predicted molar refractivity (Wildman–Crippen MR) is 110 cm³/mol. The number of carbonyl (C=O) groups is 1. The molecule has 0 fully saturated rings. The van der Waals surface area contributed by atoms with Crippen molar-refractivity contribution >= 4 is 16.7 Å². The fourth-order valence-electron chi connectivity index (χ4n) is 3.13. The number of ether oxygens (including phenoxy) is 1. The molecule has 1 amide bonds. The molecule has 29 heavy (non-hydrogen) atoms. The average molecular weight is 387 g/mol. The van der Waals surface area contributed by atoms with Crippen LogP contribution in [0.4, 0.5) is 0 Å². The predicted octanol–water partition coefficient (Wildman–Crippen LogP) is 4.45. The molecule has 4 rings (SSSR count). The van der Waals surface area contributed by atoms with Crippen molar-refractivity contribution in [2.45, 2.75) is 19.9 Å². The Morgan fingerprint density at radius 1 is 1.07 bits per heavy atom. The van der Waals surface area contributed by atoms with Gasteiger partial charge in [0, 0.05) is 12.5 Å². The molecule has 3 aromatic carbocycles. The van der Waals surface area contributed by atoms with E-state index >= 15 is 0 Å². The maximum Gasteiger partial charge on any atom is 0.258 e. The topological polar surface area (TPSA) is 77.2 Å². The summed E-state index contributed by atoms with van der Waals surface area (Å²) in [6.07, 6.45) is 0. The quantitative estimate of drug-likeness (QED) is 0.529. The molecule has 1 unspecified atom stereocenters. The minimum Gasteiger partial charge on any atom is -0.484 e. The Morgan fingerprint density at radius 2 is 1.90 bits per heavy atom. The number of carbonyl (C=O) groups excluding carboxylic acids is 1. The summed E-state index contributed by atoms with van der Waals surface area (Å²) in [5.74, 6) is 1.36. The van der Waals surface area contributed by atoms with Crippen molar-refractivity contribution < 1.29 is 14.1 Å². The van der Waals surface area contributed by atoms with Crippen molar-refractivity contribution in [3.05, 3.63) is 78.2 Å². The molecule has 6 nitrogen and oxygen atoms in total. The van der Waals surface area contributed by atoms with Gasteiger partial charge >= 0.3 is 0 Å². The molecular formula is C23H21N3O3. The van der Waals surface area contributed by atoms with Gasteiger partial charge in [-0.3, -0.25) is 4.79 Å². The molecule has 0 saturated heterocycles. The van der Waals surface area contributed by atoms with Crippen LogP contribution in [-0.2, 0) is 4.79 Å². The number of nitrogens with one attached hydrogen (secondary N) is 1. The lowest BCUT2D eigenvalue weighted by atomic mass is 10.0. The Hall–Kier alpha value is -3.67. The number of nitrogens with zero attached hydrogens (tertiary/aromatic N) is 2. The third-order valence-electron chi connectivity index (χ3n) is 4.64. The van der Waals surface area contributed by atoms with E-state index in [0.29, 0.717) is 17.5 Å². The highest BCUT2D eigenvalue weighted by molar-refractivity contribution is 5.83. The summed E-state index contributed by atoms with van der Waals surface area (Å²) < 4.78 is 10.6. The highest BCUT2D eigenvalue weighted by atomic mass is 16.5. The normalized spacial score (nSPS) is 11.9. The molecule has 146 valence electrons. The Labute approximate surface area is 168 Å². The van der Waals surface area contributed by atoms with Crippen LogP contribution in [0.2, 0.25) is 0 Å². The van der Waals surface area contributed by atoms with Gasteiger partial charge in [0.1, 0.15) is 5.75 Å². The molecule has 0 bridgehead atoms. The van der Waals surface area contributed by atoms with Gasteiger partial charge in [-0.15, -0.1) is 0 Å². The minimum absolute atomic E-state index is 0.0767. The van der Waals surface area contributed by atoms with Crippen LogP contribution >= 0.6 is 0 Å². The SMILES string of the molecule is Cc1nc(-c2cccc(OCC(=O)NC(C)c3ccc4ccccc4c3)c2)no1. The van der Waals surface area contributed by atoms with Crippen molar-refractivity contribution in [3.8, 4) is 17.1 Å². The highest BCUT2D eigenvalue weighted by Crippen LogP contribution is 2.22. The Morgan fingerprint density at radius 3 is 2.69 bits per heavy atom. The Balaban J connectivity index is 1.37. The van der Waals surface area contributed by atoms with E-state index in [4.69, 9.17) is 9.26 Å². The summed E-state index contributed by atoms with van der Waals surface area (Å²) in [6.45, 7) is 3.62. The van der Waals surface area contributed by atoms with Crippen molar-refractivity contribution in [1.29, 1.82) is 0 Å². The maximum absolute atomic E-state index is 12.3. The molecule has 0 aliphatic rings. The van der Waals surface area contributed by atoms with Crippen molar-refractivity contribution in [2.75, 3.05) is 6.61 Å². The van der Waals surface area contributed by atoms with Gasteiger partial charge in [0.2, 0.25) is 11.7 Å². The number of aromatic nitrogens is 2. The van der Waals surface area contributed by atoms with Gasteiger partial charge in [0.05, 0.1) is 6.04 Å².